The van der Waals surface area contributed by atoms with Crippen molar-refractivity contribution in [2.75, 3.05) is 0 Å². The Balaban J connectivity index is 4.35. The average Bonchev–Trinajstić information content (AvgIpc) is 1.99. The van der Waals surface area contributed by atoms with E-state index in [9.17, 15) is 26.3 Å². The van der Waals surface area contributed by atoms with Crippen molar-refractivity contribution in [3.8, 4) is 0 Å². The van der Waals surface area contributed by atoms with E-state index in [1.165, 1.54) is 0 Å². The lowest BCUT2D eigenvalue weighted by atomic mass is 10.1. The van der Waals surface area contributed by atoms with Gasteiger partial charge in [-0.2, -0.15) is 13.2 Å². The van der Waals surface area contributed by atoms with Crippen LogP contribution in [0, 0.1) is 0 Å². The number of hydrogen-bond donors (Lipinski definition) is 0. The van der Waals surface area contributed by atoms with Gasteiger partial charge in [-0.25, -0.2) is 13.2 Å². The average molecular weight is 222 g/mol. The molecule has 0 amide bonds. The molecule has 84 valence electrons. The fourth-order valence-electron chi connectivity index (χ4n) is 0.750. The van der Waals surface area contributed by atoms with E-state index in [4.69, 9.17) is 0 Å². The molecule has 0 aromatic rings. The molecule has 0 saturated heterocycles. The lowest BCUT2D eigenvalue weighted by molar-refractivity contribution is -0.169. The summed E-state index contributed by atoms with van der Waals surface area (Å²) in [5, 5.41) is 0. The molecule has 0 aliphatic carbocycles. The molecule has 2 unspecified atom stereocenters. The van der Waals surface area contributed by atoms with E-state index in [-0.39, 0.29) is 0 Å². The van der Waals surface area contributed by atoms with Crippen LogP contribution in [-0.2, 0) is 4.74 Å². The molecule has 7 heteroatoms. The minimum Gasteiger partial charge on any atom is -0.495 e. The molecule has 0 aromatic heterocycles. The summed E-state index contributed by atoms with van der Waals surface area (Å²) in [6.07, 6.45) is -14.8. The molecule has 14 heavy (non-hydrogen) atoms. The summed E-state index contributed by atoms with van der Waals surface area (Å²) in [6, 6.07) is 0. The second-order valence-corrected chi connectivity index (χ2v) is 2.44. The molecule has 2 atom stereocenters. The van der Waals surface area contributed by atoms with Crippen molar-refractivity contribution in [3.05, 3.63) is 12.8 Å². The lowest BCUT2D eigenvalue weighted by Gasteiger charge is -2.21. The van der Waals surface area contributed by atoms with Crippen LogP contribution in [-0.4, -0.2) is 24.9 Å². The maximum atomic E-state index is 12.5. The van der Waals surface area contributed by atoms with Crippen molar-refractivity contribution in [2.45, 2.75) is 31.3 Å². The Labute approximate surface area is 76.3 Å². The highest BCUT2D eigenvalue weighted by Crippen LogP contribution is 2.27. The zero-order valence-corrected chi connectivity index (χ0v) is 6.90. The molecule has 0 saturated carbocycles. The van der Waals surface area contributed by atoms with Gasteiger partial charge in [0.05, 0.1) is 12.7 Å². The smallest absolute Gasteiger partial charge is 0.392 e. The molecule has 0 radical (unpaired) electrons. The molecule has 0 spiro atoms. The quantitative estimate of drug-likeness (QED) is 0.513. The van der Waals surface area contributed by atoms with Gasteiger partial charge in [0.25, 0.3) is 6.43 Å². The summed E-state index contributed by atoms with van der Waals surface area (Å²) in [4.78, 5) is 0. The van der Waals surface area contributed by atoms with Gasteiger partial charge in [-0.15, -0.1) is 0 Å². The molecule has 0 bridgehead atoms. The van der Waals surface area contributed by atoms with Gasteiger partial charge >= 0.3 is 6.18 Å². The van der Waals surface area contributed by atoms with Crippen LogP contribution in [0.25, 0.3) is 0 Å². The maximum absolute atomic E-state index is 12.5. The highest BCUT2D eigenvalue weighted by atomic mass is 19.4. The maximum Gasteiger partial charge on any atom is 0.392 e. The Morgan fingerprint density at radius 1 is 1.21 bits per heavy atom. The zero-order valence-electron chi connectivity index (χ0n) is 6.90. The van der Waals surface area contributed by atoms with Gasteiger partial charge in [-0.3, -0.25) is 0 Å². The van der Waals surface area contributed by atoms with E-state index in [1.54, 1.807) is 0 Å². The highest BCUT2D eigenvalue weighted by Gasteiger charge is 2.40. The Bertz CT molecular complexity index is 178. The van der Waals surface area contributed by atoms with Crippen LogP contribution in [0.15, 0.2) is 12.8 Å². The molecule has 0 aromatic carbocycles. The van der Waals surface area contributed by atoms with Crippen LogP contribution in [0.2, 0.25) is 0 Å². The summed E-state index contributed by atoms with van der Waals surface area (Å²) in [7, 11) is 0. The second kappa shape index (κ2) is 5.11. The van der Waals surface area contributed by atoms with Gasteiger partial charge in [0, 0.05) is 0 Å². The van der Waals surface area contributed by atoms with Gasteiger partial charge in [-0.05, 0) is 0 Å². The van der Waals surface area contributed by atoms with Crippen LogP contribution in [0.3, 0.4) is 0 Å². The first kappa shape index (κ1) is 13.1. The molecule has 0 aliphatic heterocycles. The summed E-state index contributed by atoms with van der Waals surface area (Å²) >= 11 is 0. The van der Waals surface area contributed by atoms with Crippen LogP contribution in [0.5, 0.6) is 0 Å². The van der Waals surface area contributed by atoms with Crippen molar-refractivity contribution in [1.82, 2.24) is 0 Å². The molecule has 0 aliphatic rings. The Hall–Kier alpha value is -0.880. The van der Waals surface area contributed by atoms with Crippen LogP contribution in [0.4, 0.5) is 26.3 Å². The predicted molar refractivity (Wildman–Crippen MR) is 36.6 cm³/mol. The first-order valence-electron chi connectivity index (χ1n) is 3.53. The minimum atomic E-state index is -4.76. The molecule has 1 nitrogen and oxygen atoms in total. The van der Waals surface area contributed by atoms with E-state index in [0.29, 0.717) is 6.26 Å². The third-order valence-corrected chi connectivity index (χ3v) is 1.30. The molecule has 0 fully saturated rings. The SMILES string of the molecule is C=COC(CC(F)(F)F)C(F)C(F)F. The second-order valence-electron chi connectivity index (χ2n) is 2.44. The number of halogens is 6. The summed E-state index contributed by atoms with van der Waals surface area (Å²) in [6.45, 7) is 2.87. The van der Waals surface area contributed by atoms with Crippen molar-refractivity contribution in [3.63, 3.8) is 0 Å². The number of ether oxygens (including phenoxy) is 1. The standard InChI is InChI=1S/C7H8F6O/c1-2-14-4(3-7(11,12)13)5(8)6(9)10/h2,4-6H,1,3H2. The van der Waals surface area contributed by atoms with Gasteiger partial charge in [0.1, 0.15) is 6.10 Å². The first-order valence-corrected chi connectivity index (χ1v) is 3.53. The van der Waals surface area contributed by atoms with E-state index in [2.05, 4.69) is 11.3 Å². The van der Waals surface area contributed by atoms with Gasteiger partial charge in [0.2, 0.25) is 0 Å². The normalized spacial score (nSPS) is 16.5. The topological polar surface area (TPSA) is 9.23 Å². The van der Waals surface area contributed by atoms with Gasteiger partial charge < -0.3 is 4.74 Å². The number of alkyl halides is 6. The Morgan fingerprint density at radius 3 is 2.00 bits per heavy atom. The lowest BCUT2D eigenvalue weighted by Crippen LogP contribution is -2.34. The van der Waals surface area contributed by atoms with Gasteiger partial charge in [0.15, 0.2) is 6.17 Å². The Morgan fingerprint density at radius 2 is 1.71 bits per heavy atom. The summed E-state index contributed by atoms with van der Waals surface area (Å²) in [5.74, 6) is 0. The molecular formula is C7H8F6O. The predicted octanol–water partition coefficient (Wildman–Crippen LogP) is 3.07. The highest BCUT2D eigenvalue weighted by molar-refractivity contribution is 4.77. The monoisotopic (exact) mass is 222 g/mol. The number of hydrogen-bond acceptors (Lipinski definition) is 1. The van der Waals surface area contributed by atoms with Crippen molar-refractivity contribution in [1.29, 1.82) is 0 Å². The minimum absolute atomic E-state index is 0.505. The molecular weight excluding hydrogens is 214 g/mol. The molecule has 0 heterocycles. The van der Waals surface area contributed by atoms with E-state index >= 15 is 0 Å². The molecule has 0 N–H and O–H groups in total. The summed E-state index contributed by atoms with van der Waals surface area (Å²) in [5.41, 5.74) is 0. The fraction of sp³-hybridized carbons (Fsp3) is 0.714. The van der Waals surface area contributed by atoms with Crippen LogP contribution in [0.1, 0.15) is 6.42 Å². The number of rotatable bonds is 5. The third kappa shape index (κ3) is 4.98. The largest absolute Gasteiger partial charge is 0.495 e. The Kier molecular flexibility index (Phi) is 4.79. The van der Waals surface area contributed by atoms with Crippen molar-refractivity contribution in [2.24, 2.45) is 0 Å². The third-order valence-electron chi connectivity index (χ3n) is 1.30. The fourth-order valence-corrected chi connectivity index (χ4v) is 0.750. The molecule has 0 rings (SSSR count). The van der Waals surface area contributed by atoms with E-state index in [1.807, 2.05) is 0 Å². The summed E-state index contributed by atoms with van der Waals surface area (Å²) < 4.78 is 75.1. The van der Waals surface area contributed by atoms with Crippen molar-refractivity contribution < 1.29 is 31.1 Å². The van der Waals surface area contributed by atoms with E-state index in [0.717, 1.165) is 0 Å². The first-order chi connectivity index (χ1) is 6.28. The van der Waals surface area contributed by atoms with Crippen LogP contribution >= 0.6 is 0 Å². The van der Waals surface area contributed by atoms with Crippen LogP contribution < -0.4 is 0 Å². The van der Waals surface area contributed by atoms with Crippen molar-refractivity contribution >= 4 is 0 Å². The van der Waals surface area contributed by atoms with Gasteiger partial charge in [-0.1, -0.05) is 6.58 Å². The zero-order chi connectivity index (χ0) is 11.4. The van der Waals surface area contributed by atoms with E-state index < -0.39 is 31.3 Å².